The van der Waals surface area contributed by atoms with E-state index in [2.05, 4.69) is 10.1 Å². The van der Waals surface area contributed by atoms with E-state index in [4.69, 9.17) is 0 Å². The molecular formula is C20H22N2O5. The van der Waals surface area contributed by atoms with Crippen molar-refractivity contribution in [1.82, 2.24) is 5.32 Å². The van der Waals surface area contributed by atoms with Gasteiger partial charge in [0, 0.05) is 17.7 Å². The highest BCUT2D eigenvalue weighted by Crippen LogP contribution is 2.23. The molecule has 0 radical (unpaired) electrons. The summed E-state index contributed by atoms with van der Waals surface area (Å²) >= 11 is 0. The Bertz CT molecular complexity index is 834. The van der Waals surface area contributed by atoms with Crippen LogP contribution >= 0.6 is 0 Å². The molecule has 1 amide bonds. The van der Waals surface area contributed by atoms with Gasteiger partial charge in [0.15, 0.2) is 0 Å². The number of non-ortho nitro benzene ring substituents is 1. The Morgan fingerprint density at radius 3 is 2.30 bits per heavy atom. The fraction of sp³-hybridized carbons (Fsp3) is 0.300. The van der Waals surface area contributed by atoms with E-state index in [-0.39, 0.29) is 22.9 Å². The third kappa shape index (κ3) is 5.37. The highest BCUT2D eigenvalue weighted by atomic mass is 16.6. The van der Waals surface area contributed by atoms with Crippen molar-refractivity contribution in [2.45, 2.75) is 26.3 Å². The molecule has 0 bridgehead atoms. The van der Waals surface area contributed by atoms with Crippen LogP contribution < -0.4 is 5.32 Å². The predicted octanol–water partition coefficient (Wildman–Crippen LogP) is 3.90. The second kappa shape index (κ2) is 8.93. The first-order valence-corrected chi connectivity index (χ1v) is 8.55. The molecule has 0 heterocycles. The summed E-state index contributed by atoms with van der Waals surface area (Å²) in [5.41, 5.74) is 0.590. The van der Waals surface area contributed by atoms with E-state index in [0.717, 1.165) is 17.7 Å². The van der Waals surface area contributed by atoms with E-state index in [0.29, 0.717) is 12.3 Å². The topological polar surface area (TPSA) is 98.5 Å². The van der Waals surface area contributed by atoms with Gasteiger partial charge in [-0.15, -0.1) is 0 Å². The van der Waals surface area contributed by atoms with E-state index in [1.165, 1.54) is 13.2 Å². The second-order valence-corrected chi connectivity index (χ2v) is 6.58. The maximum absolute atomic E-state index is 12.8. The minimum absolute atomic E-state index is 0.0364. The highest BCUT2D eigenvalue weighted by Gasteiger charge is 2.21. The molecule has 0 aliphatic heterocycles. The number of nitrogens with one attached hydrogen (secondary N) is 1. The van der Waals surface area contributed by atoms with E-state index in [1.54, 1.807) is 0 Å². The van der Waals surface area contributed by atoms with Crippen LogP contribution in [0.4, 0.5) is 5.69 Å². The summed E-state index contributed by atoms with van der Waals surface area (Å²) in [4.78, 5) is 35.0. The van der Waals surface area contributed by atoms with Gasteiger partial charge in [0.2, 0.25) is 0 Å². The van der Waals surface area contributed by atoms with E-state index >= 15 is 0 Å². The van der Waals surface area contributed by atoms with Gasteiger partial charge in [0.1, 0.15) is 0 Å². The molecule has 0 spiro atoms. The van der Waals surface area contributed by atoms with Gasteiger partial charge >= 0.3 is 5.97 Å². The summed E-state index contributed by atoms with van der Waals surface area (Å²) in [6, 6.07) is 12.8. The van der Waals surface area contributed by atoms with Crippen LogP contribution in [0.15, 0.2) is 48.5 Å². The Balaban J connectivity index is 2.35. The highest BCUT2D eigenvalue weighted by molar-refractivity contribution is 5.99. The van der Waals surface area contributed by atoms with Crippen LogP contribution in [0.5, 0.6) is 0 Å². The average Bonchev–Trinajstić information content (AvgIpc) is 2.66. The Morgan fingerprint density at radius 2 is 1.74 bits per heavy atom. The molecule has 0 aliphatic rings. The molecule has 0 saturated carbocycles. The van der Waals surface area contributed by atoms with Crippen LogP contribution in [-0.4, -0.2) is 23.9 Å². The summed E-state index contributed by atoms with van der Waals surface area (Å²) in [6.45, 7) is 4.09. The van der Waals surface area contributed by atoms with Gasteiger partial charge in [-0.2, -0.15) is 0 Å². The number of methoxy groups -OCH3 is 1. The minimum atomic E-state index is -0.741. The molecule has 1 N–H and O–H groups in total. The lowest BCUT2D eigenvalue weighted by Gasteiger charge is -2.21. The zero-order valence-corrected chi connectivity index (χ0v) is 15.5. The summed E-state index contributed by atoms with van der Waals surface area (Å²) in [6.07, 6.45) is 0.703. The van der Waals surface area contributed by atoms with Crippen molar-refractivity contribution >= 4 is 17.6 Å². The van der Waals surface area contributed by atoms with Crippen LogP contribution in [-0.2, 0) is 4.74 Å². The normalized spacial score (nSPS) is 11.7. The molecule has 7 nitrogen and oxygen atoms in total. The maximum atomic E-state index is 12.8. The van der Waals surface area contributed by atoms with Crippen molar-refractivity contribution in [3.63, 3.8) is 0 Å². The molecule has 7 heteroatoms. The van der Waals surface area contributed by atoms with Crippen molar-refractivity contribution < 1.29 is 19.2 Å². The quantitative estimate of drug-likeness (QED) is 0.453. The first-order valence-electron chi connectivity index (χ1n) is 8.55. The molecule has 2 aromatic carbocycles. The van der Waals surface area contributed by atoms with Crippen LogP contribution in [0.2, 0.25) is 0 Å². The van der Waals surface area contributed by atoms with Gasteiger partial charge in [-0.25, -0.2) is 4.79 Å². The minimum Gasteiger partial charge on any atom is -0.465 e. The van der Waals surface area contributed by atoms with Crippen LogP contribution in [0.25, 0.3) is 0 Å². The lowest BCUT2D eigenvalue weighted by atomic mass is 9.96. The van der Waals surface area contributed by atoms with Crippen LogP contribution in [0, 0.1) is 16.0 Å². The summed E-state index contributed by atoms with van der Waals surface area (Å²) in [7, 11) is 1.18. The number of benzene rings is 2. The third-order valence-electron chi connectivity index (χ3n) is 4.03. The monoisotopic (exact) mass is 370 g/mol. The fourth-order valence-corrected chi connectivity index (χ4v) is 2.76. The number of hydrogen-bond donors (Lipinski definition) is 1. The van der Waals surface area contributed by atoms with Gasteiger partial charge in [-0.3, -0.25) is 14.9 Å². The van der Waals surface area contributed by atoms with E-state index in [9.17, 15) is 19.7 Å². The number of carbonyl (C=O) groups is 2. The number of esters is 1. The van der Waals surface area contributed by atoms with Gasteiger partial charge in [-0.1, -0.05) is 44.2 Å². The number of ether oxygens (including phenoxy) is 1. The maximum Gasteiger partial charge on any atom is 0.338 e. The Morgan fingerprint density at radius 1 is 1.11 bits per heavy atom. The zero-order chi connectivity index (χ0) is 20.0. The average molecular weight is 370 g/mol. The standard InChI is InChI=1S/C20H22N2O5/c1-13(2)9-18(14-7-5-4-6-8-14)21-19(23)15-10-16(20(24)27-3)12-17(11-15)22(25)26/h4-8,10-13,18H,9H2,1-3H3,(H,21,23). The Kier molecular flexibility index (Phi) is 6.65. The Hall–Kier alpha value is -3.22. The molecule has 0 aromatic heterocycles. The summed E-state index contributed by atoms with van der Waals surface area (Å²) in [5.74, 6) is -0.904. The molecule has 0 fully saturated rings. The smallest absolute Gasteiger partial charge is 0.338 e. The number of amides is 1. The van der Waals surface area contributed by atoms with Crippen molar-refractivity contribution in [2.24, 2.45) is 5.92 Å². The second-order valence-electron chi connectivity index (χ2n) is 6.58. The number of nitro groups is 1. The lowest BCUT2D eigenvalue weighted by Crippen LogP contribution is -2.29. The zero-order valence-electron chi connectivity index (χ0n) is 15.5. The van der Waals surface area contributed by atoms with Crippen LogP contribution in [0.1, 0.15) is 52.6 Å². The molecular weight excluding hydrogens is 348 g/mol. The number of rotatable bonds is 7. The summed E-state index contributed by atoms with van der Waals surface area (Å²) < 4.78 is 4.62. The number of carbonyl (C=O) groups excluding carboxylic acids is 2. The predicted molar refractivity (Wildman–Crippen MR) is 101 cm³/mol. The molecule has 2 aromatic rings. The molecule has 1 unspecified atom stereocenters. The van der Waals surface area contributed by atoms with E-state index < -0.39 is 16.8 Å². The van der Waals surface area contributed by atoms with Crippen LogP contribution in [0.3, 0.4) is 0 Å². The number of nitro benzene ring substituents is 1. The first-order chi connectivity index (χ1) is 12.8. The molecule has 27 heavy (non-hydrogen) atoms. The SMILES string of the molecule is COC(=O)c1cc(C(=O)NC(CC(C)C)c2ccccc2)cc([N+](=O)[O-])c1. The molecule has 1 atom stereocenters. The molecule has 0 saturated heterocycles. The van der Waals surface area contributed by atoms with Gasteiger partial charge in [0.25, 0.3) is 11.6 Å². The van der Waals surface area contributed by atoms with Crippen molar-refractivity contribution in [3.05, 3.63) is 75.3 Å². The van der Waals surface area contributed by atoms with Gasteiger partial charge < -0.3 is 10.1 Å². The molecule has 2 rings (SSSR count). The van der Waals surface area contributed by atoms with E-state index in [1.807, 2.05) is 44.2 Å². The van der Waals surface area contributed by atoms with Gasteiger partial charge in [-0.05, 0) is 24.0 Å². The first kappa shape index (κ1) is 20.1. The fourth-order valence-electron chi connectivity index (χ4n) is 2.76. The van der Waals surface area contributed by atoms with Crippen molar-refractivity contribution in [3.8, 4) is 0 Å². The largest absolute Gasteiger partial charge is 0.465 e. The number of hydrogen-bond acceptors (Lipinski definition) is 5. The molecule has 142 valence electrons. The molecule has 0 aliphatic carbocycles. The lowest BCUT2D eigenvalue weighted by molar-refractivity contribution is -0.384. The third-order valence-corrected chi connectivity index (χ3v) is 4.03. The van der Waals surface area contributed by atoms with Crippen molar-refractivity contribution in [1.29, 1.82) is 0 Å². The Labute approximate surface area is 157 Å². The number of nitrogens with zero attached hydrogens (tertiary/aromatic N) is 1. The van der Waals surface area contributed by atoms with Crippen molar-refractivity contribution in [2.75, 3.05) is 7.11 Å². The summed E-state index contributed by atoms with van der Waals surface area (Å²) in [5, 5.41) is 14.1. The van der Waals surface area contributed by atoms with Gasteiger partial charge in [0.05, 0.1) is 23.6 Å².